The number of para-hydroxylation sites is 2. The number of aromatic nitrogens is 3. The van der Waals surface area contributed by atoms with Crippen LogP contribution < -0.4 is 5.76 Å². The van der Waals surface area contributed by atoms with Crippen LogP contribution in [0.15, 0.2) is 62.2 Å². The van der Waals surface area contributed by atoms with Crippen LogP contribution in [0.25, 0.3) is 22.4 Å². The van der Waals surface area contributed by atoms with Crippen LogP contribution in [-0.2, 0) is 17.9 Å². The molecule has 9 nitrogen and oxygen atoms in total. The Morgan fingerprint density at radius 2 is 1.85 bits per heavy atom. The van der Waals surface area contributed by atoms with Gasteiger partial charge in [0, 0.05) is 67.0 Å². The van der Waals surface area contributed by atoms with E-state index in [2.05, 4.69) is 20.8 Å². The average molecular weight is 611 g/mol. The number of piperidine rings is 1. The summed E-state index contributed by atoms with van der Waals surface area (Å²) < 4.78 is 10.1. The lowest BCUT2D eigenvalue weighted by atomic mass is 10.0. The molecule has 2 aromatic carbocycles. The van der Waals surface area contributed by atoms with Crippen molar-refractivity contribution < 1.29 is 14.3 Å². The number of hydrogen-bond donors (Lipinski definition) is 1. The number of benzene rings is 2. The molecule has 0 bridgehead atoms. The number of aliphatic hydroxyl groups excluding tert-OH is 1. The van der Waals surface area contributed by atoms with Gasteiger partial charge in [0.1, 0.15) is 0 Å². The molecule has 1 N–H and O–H groups in total. The highest BCUT2D eigenvalue weighted by molar-refractivity contribution is 9.10. The van der Waals surface area contributed by atoms with Crippen LogP contribution in [0.3, 0.4) is 0 Å². The number of hydrogen-bond acceptors (Lipinski definition) is 6. The molecule has 1 atom stereocenters. The molecule has 4 aromatic rings. The summed E-state index contributed by atoms with van der Waals surface area (Å²) in [6, 6.07) is 15.6. The number of β-amino-alcohol motifs (C(OH)–C–C–N with tert-alkyl or cyclic N) is 1. The SMILES string of the molecule is CCN(Cc1c(-c2ccc(Br)cc2)nn(CC(O)CN2CCC(n3c(=O)oc4ccccc43)CC2)c1C)C(C)=O. The van der Waals surface area contributed by atoms with Crippen LogP contribution in [0, 0.1) is 6.92 Å². The maximum Gasteiger partial charge on any atom is 0.420 e. The predicted molar refractivity (Wildman–Crippen MR) is 158 cm³/mol. The molecule has 0 saturated carbocycles. The normalized spacial score (nSPS) is 15.5. The Hall–Kier alpha value is -3.21. The van der Waals surface area contributed by atoms with Crippen molar-refractivity contribution in [3.05, 3.63) is 74.8 Å². The fourth-order valence-corrected chi connectivity index (χ4v) is 5.94. The van der Waals surface area contributed by atoms with Crippen molar-refractivity contribution in [3.8, 4) is 11.3 Å². The summed E-state index contributed by atoms with van der Waals surface area (Å²) in [6.45, 7) is 9.08. The van der Waals surface area contributed by atoms with E-state index in [1.807, 2.05) is 67.1 Å². The Morgan fingerprint density at radius 1 is 1.15 bits per heavy atom. The minimum atomic E-state index is -0.617. The number of carbonyl (C=O) groups is 1. The molecular formula is C30H36BrN5O4. The van der Waals surface area contributed by atoms with Gasteiger partial charge in [-0.2, -0.15) is 5.10 Å². The third-order valence-electron chi connectivity index (χ3n) is 7.92. The van der Waals surface area contributed by atoms with Crippen molar-refractivity contribution in [1.82, 2.24) is 24.1 Å². The van der Waals surface area contributed by atoms with Crippen LogP contribution >= 0.6 is 15.9 Å². The third kappa shape index (κ3) is 5.94. The topological polar surface area (TPSA) is 96.7 Å². The summed E-state index contributed by atoms with van der Waals surface area (Å²) in [6.07, 6.45) is 1.01. The molecule has 0 spiro atoms. The fourth-order valence-electron chi connectivity index (χ4n) is 5.67. The van der Waals surface area contributed by atoms with Crippen molar-refractivity contribution in [1.29, 1.82) is 0 Å². The summed E-state index contributed by atoms with van der Waals surface area (Å²) in [5, 5.41) is 16.0. The molecule has 1 fully saturated rings. The molecule has 212 valence electrons. The molecule has 10 heteroatoms. The Kier molecular flexibility index (Phi) is 8.58. The molecule has 1 aliphatic rings. The summed E-state index contributed by atoms with van der Waals surface area (Å²) in [5.74, 6) is -0.289. The summed E-state index contributed by atoms with van der Waals surface area (Å²) in [4.78, 5) is 28.8. The number of rotatable bonds is 9. The van der Waals surface area contributed by atoms with E-state index in [-0.39, 0.29) is 17.7 Å². The summed E-state index contributed by atoms with van der Waals surface area (Å²) in [5.41, 5.74) is 5.19. The zero-order valence-electron chi connectivity index (χ0n) is 23.2. The zero-order chi connectivity index (χ0) is 28.4. The van der Waals surface area contributed by atoms with Crippen molar-refractivity contribution in [2.75, 3.05) is 26.2 Å². The summed E-state index contributed by atoms with van der Waals surface area (Å²) in [7, 11) is 0. The second-order valence-electron chi connectivity index (χ2n) is 10.5. The second kappa shape index (κ2) is 12.1. The number of oxazole rings is 1. The number of nitrogens with zero attached hydrogens (tertiary/aromatic N) is 5. The molecule has 3 heterocycles. The molecular weight excluding hydrogens is 574 g/mol. The standard InChI is InChI=1S/C30H36BrN5O4/c1-4-34(21(3)37)19-26-20(2)35(32-29(26)22-9-11-23(31)12-10-22)18-25(38)17-33-15-13-24(14-16-33)36-27-7-5-6-8-28(27)40-30(36)39/h5-12,24-25,38H,4,13-19H2,1-3H3. The zero-order valence-corrected chi connectivity index (χ0v) is 24.8. The van der Waals surface area contributed by atoms with E-state index in [9.17, 15) is 14.7 Å². The molecule has 1 saturated heterocycles. The lowest BCUT2D eigenvalue weighted by Crippen LogP contribution is -2.41. The number of likely N-dealkylation sites (tertiary alicyclic amines) is 1. The van der Waals surface area contributed by atoms with Gasteiger partial charge >= 0.3 is 5.76 Å². The van der Waals surface area contributed by atoms with Gasteiger partial charge in [0.25, 0.3) is 0 Å². The van der Waals surface area contributed by atoms with Gasteiger partial charge in [-0.05, 0) is 51.0 Å². The lowest BCUT2D eigenvalue weighted by molar-refractivity contribution is -0.129. The molecule has 40 heavy (non-hydrogen) atoms. The first-order valence-corrected chi connectivity index (χ1v) is 14.6. The van der Waals surface area contributed by atoms with Gasteiger partial charge in [0.05, 0.1) is 23.9 Å². The number of halogens is 1. The van der Waals surface area contributed by atoms with Crippen LogP contribution in [0.5, 0.6) is 0 Å². The minimum absolute atomic E-state index is 0.0190. The van der Waals surface area contributed by atoms with E-state index in [1.54, 1.807) is 16.4 Å². The number of carbonyl (C=O) groups excluding carboxylic acids is 1. The van der Waals surface area contributed by atoms with Crippen molar-refractivity contribution >= 4 is 32.9 Å². The Labute approximate surface area is 242 Å². The molecule has 5 rings (SSSR count). The maximum atomic E-state index is 12.5. The van der Waals surface area contributed by atoms with E-state index in [4.69, 9.17) is 9.52 Å². The van der Waals surface area contributed by atoms with E-state index < -0.39 is 6.10 Å². The largest absolute Gasteiger partial charge is 0.420 e. The van der Waals surface area contributed by atoms with Crippen molar-refractivity contribution in [2.24, 2.45) is 0 Å². The Morgan fingerprint density at radius 3 is 2.52 bits per heavy atom. The van der Waals surface area contributed by atoms with E-state index >= 15 is 0 Å². The van der Waals surface area contributed by atoms with Gasteiger partial charge in [0.15, 0.2) is 5.58 Å². The molecule has 0 radical (unpaired) electrons. The number of fused-ring (bicyclic) bond motifs is 1. The van der Waals surface area contributed by atoms with Gasteiger partial charge in [-0.3, -0.25) is 14.0 Å². The minimum Gasteiger partial charge on any atom is -0.408 e. The lowest BCUT2D eigenvalue weighted by Gasteiger charge is -2.33. The fraction of sp³-hybridized carbons (Fsp3) is 0.433. The van der Waals surface area contributed by atoms with E-state index in [0.29, 0.717) is 31.8 Å². The predicted octanol–water partition coefficient (Wildman–Crippen LogP) is 4.60. The Balaban J connectivity index is 1.28. The van der Waals surface area contributed by atoms with Gasteiger partial charge in [-0.15, -0.1) is 0 Å². The Bertz CT molecular complexity index is 1530. The van der Waals surface area contributed by atoms with Crippen molar-refractivity contribution in [2.45, 2.75) is 58.8 Å². The smallest absolute Gasteiger partial charge is 0.408 e. The van der Waals surface area contributed by atoms with Crippen LogP contribution in [0.2, 0.25) is 0 Å². The van der Waals surface area contributed by atoms with Crippen LogP contribution in [-0.4, -0.2) is 67.4 Å². The van der Waals surface area contributed by atoms with E-state index in [0.717, 1.165) is 58.4 Å². The highest BCUT2D eigenvalue weighted by Gasteiger charge is 2.26. The van der Waals surface area contributed by atoms with Gasteiger partial charge in [-0.1, -0.05) is 40.2 Å². The molecule has 2 aromatic heterocycles. The first kappa shape index (κ1) is 28.3. The highest BCUT2D eigenvalue weighted by atomic mass is 79.9. The molecule has 1 unspecified atom stereocenters. The van der Waals surface area contributed by atoms with Gasteiger partial charge < -0.3 is 19.3 Å². The first-order chi connectivity index (χ1) is 19.2. The number of amides is 1. The van der Waals surface area contributed by atoms with Gasteiger partial charge in [0.2, 0.25) is 5.91 Å². The molecule has 1 amide bonds. The average Bonchev–Trinajstić information content (AvgIpc) is 3.43. The van der Waals surface area contributed by atoms with Crippen LogP contribution in [0.1, 0.15) is 44.0 Å². The van der Waals surface area contributed by atoms with Crippen molar-refractivity contribution in [3.63, 3.8) is 0 Å². The second-order valence-corrected chi connectivity index (χ2v) is 11.4. The van der Waals surface area contributed by atoms with Gasteiger partial charge in [-0.25, -0.2) is 4.79 Å². The third-order valence-corrected chi connectivity index (χ3v) is 8.45. The first-order valence-electron chi connectivity index (χ1n) is 13.8. The van der Waals surface area contributed by atoms with Crippen LogP contribution in [0.4, 0.5) is 0 Å². The molecule has 1 aliphatic heterocycles. The van der Waals surface area contributed by atoms with E-state index in [1.165, 1.54) is 0 Å². The molecule has 0 aliphatic carbocycles. The summed E-state index contributed by atoms with van der Waals surface area (Å²) >= 11 is 3.50. The maximum absolute atomic E-state index is 12.5. The monoisotopic (exact) mass is 609 g/mol. The highest BCUT2D eigenvalue weighted by Crippen LogP contribution is 2.29. The number of aliphatic hydroxyl groups is 1. The quantitative estimate of drug-likeness (QED) is 0.298.